The summed E-state index contributed by atoms with van der Waals surface area (Å²) in [6.07, 6.45) is 1.78. The molecule has 0 atom stereocenters. The summed E-state index contributed by atoms with van der Waals surface area (Å²) in [6.45, 7) is 7.53. The molecule has 0 radical (unpaired) electrons. The highest BCUT2D eigenvalue weighted by Gasteiger charge is 2.34. The topological polar surface area (TPSA) is 55.1 Å². The summed E-state index contributed by atoms with van der Waals surface area (Å²) in [5.41, 5.74) is 5.78. The molecular weight excluding hydrogens is 268 g/mol. The third-order valence-electron chi connectivity index (χ3n) is 3.52. The molecule has 0 saturated carbocycles. The molecule has 3 nitrogen and oxygen atoms in total. The lowest BCUT2D eigenvalue weighted by molar-refractivity contribution is -0.127. The Hall–Kier alpha value is -1.42. The Balaban J connectivity index is 2.61. The van der Waals surface area contributed by atoms with Gasteiger partial charge in [0.25, 0.3) is 0 Å². The average Bonchev–Trinajstić information content (AvgIpc) is 2.37. The van der Waals surface area contributed by atoms with Crippen LogP contribution >= 0.6 is 12.2 Å². The number of aryl methyl sites for hydroxylation is 1. The summed E-state index contributed by atoms with van der Waals surface area (Å²) in [5, 5.41) is 3.04. The summed E-state index contributed by atoms with van der Waals surface area (Å²) in [4.78, 5) is 12.5. The van der Waals surface area contributed by atoms with Crippen molar-refractivity contribution in [3.63, 3.8) is 0 Å². The van der Waals surface area contributed by atoms with E-state index in [1.165, 1.54) is 5.56 Å². The van der Waals surface area contributed by atoms with Crippen molar-refractivity contribution in [3.8, 4) is 0 Å². The van der Waals surface area contributed by atoms with E-state index in [9.17, 15) is 4.79 Å². The minimum absolute atomic E-state index is 0.122. The maximum absolute atomic E-state index is 12.3. The zero-order chi connectivity index (χ0) is 15.4. The summed E-state index contributed by atoms with van der Waals surface area (Å²) in [7, 11) is 0. The largest absolute Gasteiger partial charge is 0.392 e. The molecule has 0 aliphatic rings. The van der Waals surface area contributed by atoms with Crippen LogP contribution in [0.3, 0.4) is 0 Å². The summed E-state index contributed by atoms with van der Waals surface area (Å²) in [6, 6.07) is 10.2. The van der Waals surface area contributed by atoms with Crippen molar-refractivity contribution in [3.05, 3.63) is 35.9 Å². The number of benzene rings is 1. The number of hydrogen-bond acceptors (Lipinski definition) is 2. The first kappa shape index (κ1) is 16.6. The van der Waals surface area contributed by atoms with Gasteiger partial charge in [-0.05, 0) is 46.1 Å². The molecule has 0 unspecified atom stereocenters. The molecule has 110 valence electrons. The fourth-order valence-corrected chi connectivity index (χ4v) is 1.83. The summed E-state index contributed by atoms with van der Waals surface area (Å²) >= 11 is 4.96. The second kappa shape index (κ2) is 6.35. The van der Waals surface area contributed by atoms with Gasteiger partial charge in [0.15, 0.2) is 0 Å². The highest BCUT2D eigenvalue weighted by atomic mass is 32.1. The van der Waals surface area contributed by atoms with Crippen LogP contribution in [-0.4, -0.2) is 16.4 Å². The van der Waals surface area contributed by atoms with Crippen molar-refractivity contribution >= 4 is 23.1 Å². The van der Waals surface area contributed by atoms with Crippen molar-refractivity contribution < 1.29 is 4.79 Å². The Labute approximate surface area is 126 Å². The van der Waals surface area contributed by atoms with Crippen molar-refractivity contribution in [2.45, 2.75) is 46.1 Å². The smallest absolute Gasteiger partial charge is 0.232 e. The molecule has 20 heavy (non-hydrogen) atoms. The number of carbonyl (C=O) groups is 1. The van der Waals surface area contributed by atoms with Crippen LogP contribution in [0.4, 0.5) is 0 Å². The van der Waals surface area contributed by atoms with Gasteiger partial charge in [0.2, 0.25) is 5.91 Å². The molecule has 0 aliphatic carbocycles. The highest BCUT2D eigenvalue weighted by molar-refractivity contribution is 7.80. The molecule has 1 aromatic rings. The van der Waals surface area contributed by atoms with Gasteiger partial charge in [-0.25, -0.2) is 0 Å². The zero-order valence-corrected chi connectivity index (χ0v) is 13.5. The first-order valence-corrected chi connectivity index (χ1v) is 7.22. The molecule has 0 saturated heterocycles. The molecule has 4 heteroatoms. The monoisotopic (exact) mass is 292 g/mol. The van der Waals surface area contributed by atoms with E-state index in [1.54, 1.807) is 13.8 Å². The van der Waals surface area contributed by atoms with Gasteiger partial charge in [0, 0.05) is 5.54 Å². The number of amides is 1. The number of thiocarbonyl (C=S) groups is 1. The van der Waals surface area contributed by atoms with E-state index in [0.717, 1.165) is 12.8 Å². The average molecular weight is 292 g/mol. The third-order valence-corrected chi connectivity index (χ3v) is 4.03. The molecule has 0 fully saturated rings. The minimum Gasteiger partial charge on any atom is -0.392 e. The molecule has 1 rings (SSSR count). The number of nitrogens with one attached hydrogen (secondary N) is 1. The Bertz CT molecular complexity index is 481. The van der Waals surface area contributed by atoms with Gasteiger partial charge in [-0.1, -0.05) is 42.5 Å². The second-order valence-electron chi connectivity index (χ2n) is 6.31. The SMILES string of the molecule is CC(C)(CCc1ccccc1)NC(=O)C(C)(C)C(N)=S. The van der Waals surface area contributed by atoms with Crippen molar-refractivity contribution in [1.29, 1.82) is 0 Å². The standard InChI is InChI=1S/C16H24N2OS/c1-15(2,11-10-12-8-6-5-7-9-12)18-14(19)16(3,4)13(17)20/h5-9H,10-11H2,1-4H3,(H2,17,20)(H,18,19). The van der Waals surface area contributed by atoms with Crippen LogP contribution in [0.15, 0.2) is 30.3 Å². The molecule has 0 heterocycles. The van der Waals surface area contributed by atoms with Crippen LogP contribution in [0.1, 0.15) is 39.7 Å². The maximum Gasteiger partial charge on any atom is 0.232 e. The van der Waals surface area contributed by atoms with E-state index in [2.05, 4.69) is 17.4 Å². The Morgan fingerprint density at radius 1 is 1.20 bits per heavy atom. The quantitative estimate of drug-likeness (QED) is 0.793. The molecule has 0 aliphatic heterocycles. The second-order valence-corrected chi connectivity index (χ2v) is 6.75. The molecule has 0 spiro atoms. The van der Waals surface area contributed by atoms with E-state index in [1.807, 2.05) is 32.0 Å². The van der Waals surface area contributed by atoms with Crippen LogP contribution in [0.5, 0.6) is 0 Å². The highest BCUT2D eigenvalue weighted by Crippen LogP contribution is 2.20. The van der Waals surface area contributed by atoms with Crippen LogP contribution in [0.25, 0.3) is 0 Å². The summed E-state index contributed by atoms with van der Waals surface area (Å²) < 4.78 is 0. The van der Waals surface area contributed by atoms with Gasteiger partial charge in [-0.2, -0.15) is 0 Å². The van der Waals surface area contributed by atoms with Crippen LogP contribution in [-0.2, 0) is 11.2 Å². The lowest BCUT2D eigenvalue weighted by Gasteiger charge is -2.31. The first-order chi connectivity index (χ1) is 9.15. The van der Waals surface area contributed by atoms with E-state index in [0.29, 0.717) is 0 Å². The Morgan fingerprint density at radius 3 is 2.25 bits per heavy atom. The number of rotatable bonds is 6. The van der Waals surface area contributed by atoms with E-state index in [4.69, 9.17) is 18.0 Å². The van der Waals surface area contributed by atoms with Crippen LogP contribution in [0.2, 0.25) is 0 Å². The van der Waals surface area contributed by atoms with Gasteiger partial charge in [0.05, 0.1) is 10.4 Å². The predicted molar refractivity (Wildman–Crippen MR) is 87.6 cm³/mol. The number of carbonyl (C=O) groups excluding carboxylic acids is 1. The van der Waals surface area contributed by atoms with Crippen molar-refractivity contribution in [2.75, 3.05) is 0 Å². The van der Waals surface area contributed by atoms with Gasteiger partial charge in [-0.15, -0.1) is 0 Å². The Kier molecular flexibility index (Phi) is 5.28. The van der Waals surface area contributed by atoms with Crippen molar-refractivity contribution in [1.82, 2.24) is 5.32 Å². The van der Waals surface area contributed by atoms with E-state index in [-0.39, 0.29) is 16.4 Å². The minimum atomic E-state index is -0.820. The fraction of sp³-hybridized carbons (Fsp3) is 0.500. The van der Waals surface area contributed by atoms with Crippen LogP contribution < -0.4 is 11.1 Å². The summed E-state index contributed by atoms with van der Waals surface area (Å²) in [5.74, 6) is -0.122. The molecular formula is C16H24N2OS. The van der Waals surface area contributed by atoms with Gasteiger partial charge < -0.3 is 11.1 Å². The number of hydrogen-bond donors (Lipinski definition) is 2. The van der Waals surface area contributed by atoms with E-state index >= 15 is 0 Å². The van der Waals surface area contributed by atoms with Gasteiger partial charge in [-0.3, -0.25) is 4.79 Å². The molecule has 0 bridgehead atoms. The number of nitrogens with two attached hydrogens (primary N) is 1. The molecule has 0 aromatic heterocycles. The van der Waals surface area contributed by atoms with E-state index < -0.39 is 5.41 Å². The zero-order valence-electron chi connectivity index (χ0n) is 12.7. The molecule has 1 aromatic carbocycles. The van der Waals surface area contributed by atoms with Gasteiger partial charge in [0.1, 0.15) is 0 Å². The lowest BCUT2D eigenvalue weighted by Crippen LogP contribution is -2.52. The fourth-order valence-electron chi connectivity index (χ4n) is 1.74. The lowest BCUT2D eigenvalue weighted by atomic mass is 9.89. The maximum atomic E-state index is 12.3. The molecule has 3 N–H and O–H groups in total. The van der Waals surface area contributed by atoms with Crippen LogP contribution in [0, 0.1) is 5.41 Å². The molecule has 1 amide bonds. The third kappa shape index (κ3) is 4.60. The Morgan fingerprint density at radius 2 is 1.75 bits per heavy atom. The normalized spacial score (nSPS) is 12.0. The predicted octanol–water partition coefficient (Wildman–Crippen LogP) is 2.83. The first-order valence-electron chi connectivity index (χ1n) is 6.81. The van der Waals surface area contributed by atoms with Crippen molar-refractivity contribution in [2.24, 2.45) is 11.1 Å². The van der Waals surface area contributed by atoms with Gasteiger partial charge >= 0.3 is 0 Å².